The molecule has 0 radical (unpaired) electrons. The Kier molecular flexibility index (Phi) is 7.30. The molecule has 0 amide bonds. The number of nitrogens with zero attached hydrogens (tertiary/aromatic N) is 3. The zero-order valence-corrected chi connectivity index (χ0v) is 14.8. The number of anilines is 1. The summed E-state index contributed by atoms with van der Waals surface area (Å²) in [5, 5.41) is 13.3. The van der Waals surface area contributed by atoms with Gasteiger partial charge in [-0.15, -0.1) is 0 Å². The molecule has 1 aliphatic rings. The summed E-state index contributed by atoms with van der Waals surface area (Å²) in [7, 11) is 3.96. The van der Waals surface area contributed by atoms with E-state index < -0.39 is 0 Å². The fourth-order valence-electron chi connectivity index (χ4n) is 3.13. The zero-order chi connectivity index (χ0) is 16.7. The number of hydrogen-bond donors (Lipinski definition) is 2. The fourth-order valence-corrected chi connectivity index (χ4v) is 3.13. The second kappa shape index (κ2) is 9.23. The SMILES string of the molecule is CCN1CCN(c2ccccc2CNCC(O)CN(C)C)CC1. The molecule has 1 aromatic rings. The minimum atomic E-state index is -0.328. The van der Waals surface area contributed by atoms with Crippen LogP contribution in [0.25, 0.3) is 0 Å². The molecule has 0 aromatic heterocycles. The predicted molar refractivity (Wildman–Crippen MR) is 97.0 cm³/mol. The van der Waals surface area contributed by atoms with Gasteiger partial charge in [0.15, 0.2) is 0 Å². The minimum absolute atomic E-state index is 0.328. The average Bonchev–Trinajstić information content (AvgIpc) is 2.55. The highest BCUT2D eigenvalue weighted by molar-refractivity contribution is 5.54. The number of benzene rings is 1. The molecule has 0 spiro atoms. The quantitative estimate of drug-likeness (QED) is 0.743. The van der Waals surface area contributed by atoms with E-state index in [0.29, 0.717) is 13.1 Å². The predicted octanol–water partition coefficient (Wildman–Crippen LogP) is 0.841. The van der Waals surface area contributed by atoms with Crippen LogP contribution in [0.1, 0.15) is 12.5 Å². The van der Waals surface area contributed by atoms with Crippen molar-refractivity contribution < 1.29 is 5.11 Å². The maximum Gasteiger partial charge on any atom is 0.0791 e. The number of likely N-dealkylation sites (N-methyl/N-ethyl adjacent to an activating group) is 2. The standard InChI is InChI=1S/C18H32N4O/c1-4-21-9-11-22(12-10-21)18-8-6-5-7-16(18)13-19-14-17(23)15-20(2)3/h5-8,17,19,23H,4,9-15H2,1-3H3. The van der Waals surface area contributed by atoms with E-state index in [1.807, 2.05) is 19.0 Å². The van der Waals surface area contributed by atoms with Crippen LogP contribution in [0.5, 0.6) is 0 Å². The average molecular weight is 320 g/mol. The number of nitrogens with one attached hydrogen (secondary N) is 1. The molecule has 1 unspecified atom stereocenters. The topological polar surface area (TPSA) is 42.0 Å². The first-order valence-electron chi connectivity index (χ1n) is 8.69. The van der Waals surface area contributed by atoms with Gasteiger partial charge in [-0.3, -0.25) is 0 Å². The van der Waals surface area contributed by atoms with E-state index in [2.05, 4.69) is 46.3 Å². The third-order valence-corrected chi connectivity index (χ3v) is 4.42. The van der Waals surface area contributed by atoms with Gasteiger partial charge in [0.2, 0.25) is 0 Å². The van der Waals surface area contributed by atoms with Crippen molar-refractivity contribution in [1.82, 2.24) is 15.1 Å². The van der Waals surface area contributed by atoms with E-state index in [9.17, 15) is 5.11 Å². The highest BCUT2D eigenvalue weighted by Gasteiger charge is 2.17. The van der Waals surface area contributed by atoms with Gasteiger partial charge in [0.1, 0.15) is 0 Å². The summed E-state index contributed by atoms with van der Waals surface area (Å²) >= 11 is 0. The monoisotopic (exact) mass is 320 g/mol. The summed E-state index contributed by atoms with van der Waals surface area (Å²) in [5.41, 5.74) is 2.65. The maximum atomic E-state index is 9.95. The lowest BCUT2D eigenvalue weighted by Crippen LogP contribution is -2.46. The molecular weight excluding hydrogens is 288 g/mol. The number of hydrogen-bond acceptors (Lipinski definition) is 5. The van der Waals surface area contributed by atoms with Crippen molar-refractivity contribution in [3.63, 3.8) is 0 Å². The molecule has 2 rings (SSSR count). The number of aliphatic hydroxyl groups excluding tert-OH is 1. The van der Waals surface area contributed by atoms with Crippen LogP contribution in [0.15, 0.2) is 24.3 Å². The normalized spacial score (nSPS) is 17.7. The summed E-state index contributed by atoms with van der Waals surface area (Å²) in [5.74, 6) is 0. The Morgan fingerprint density at radius 3 is 2.52 bits per heavy atom. The van der Waals surface area contributed by atoms with Crippen LogP contribution in [-0.2, 0) is 6.54 Å². The maximum absolute atomic E-state index is 9.95. The van der Waals surface area contributed by atoms with Crippen molar-refractivity contribution in [3.8, 4) is 0 Å². The van der Waals surface area contributed by atoms with Gasteiger partial charge >= 0.3 is 0 Å². The number of aliphatic hydroxyl groups is 1. The lowest BCUT2D eigenvalue weighted by atomic mass is 10.1. The number of rotatable bonds is 8. The fraction of sp³-hybridized carbons (Fsp3) is 0.667. The molecule has 1 saturated heterocycles. The molecule has 130 valence electrons. The third kappa shape index (κ3) is 5.77. The molecule has 1 heterocycles. The number of piperazine rings is 1. The van der Waals surface area contributed by atoms with E-state index in [4.69, 9.17) is 0 Å². The van der Waals surface area contributed by atoms with Crippen LogP contribution < -0.4 is 10.2 Å². The Morgan fingerprint density at radius 1 is 1.17 bits per heavy atom. The molecule has 2 N–H and O–H groups in total. The van der Waals surface area contributed by atoms with Crippen LogP contribution in [0, 0.1) is 0 Å². The van der Waals surface area contributed by atoms with E-state index in [0.717, 1.165) is 39.3 Å². The molecule has 0 aliphatic carbocycles. The van der Waals surface area contributed by atoms with Crippen molar-refractivity contribution in [2.75, 3.05) is 64.8 Å². The van der Waals surface area contributed by atoms with Gasteiger partial charge in [-0.05, 0) is 32.3 Å². The summed E-state index contributed by atoms with van der Waals surface area (Å²) < 4.78 is 0. The molecule has 1 aliphatic heterocycles. The summed E-state index contributed by atoms with van der Waals surface area (Å²) in [6.07, 6.45) is -0.328. The first-order chi connectivity index (χ1) is 11.1. The van der Waals surface area contributed by atoms with Crippen LogP contribution in [-0.4, -0.2) is 80.9 Å². The lowest BCUT2D eigenvalue weighted by molar-refractivity contribution is 0.134. The van der Waals surface area contributed by atoms with Crippen LogP contribution in [0.2, 0.25) is 0 Å². The van der Waals surface area contributed by atoms with E-state index >= 15 is 0 Å². The molecule has 1 fully saturated rings. The van der Waals surface area contributed by atoms with Crippen LogP contribution >= 0.6 is 0 Å². The van der Waals surface area contributed by atoms with Crippen molar-refractivity contribution >= 4 is 5.69 Å². The molecule has 0 saturated carbocycles. The first kappa shape index (κ1) is 18.2. The highest BCUT2D eigenvalue weighted by atomic mass is 16.3. The van der Waals surface area contributed by atoms with Gasteiger partial charge in [-0.1, -0.05) is 25.1 Å². The van der Waals surface area contributed by atoms with Gasteiger partial charge < -0.3 is 25.1 Å². The van der Waals surface area contributed by atoms with Crippen LogP contribution in [0.4, 0.5) is 5.69 Å². The third-order valence-electron chi connectivity index (χ3n) is 4.42. The van der Waals surface area contributed by atoms with Crippen molar-refractivity contribution in [2.24, 2.45) is 0 Å². The molecule has 1 aromatic carbocycles. The van der Waals surface area contributed by atoms with Gasteiger partial charge in [0.25, 0.3) is 0 Å². The van der Waals surface area contributed by atoms with Crippen molar-refractivity contribution in [1.29, 1.82) is 0 Å². The zero-order valence-electron chi connectivity index (χ0n) is 14.8. The number of para-hydroxylation sites is 1. The van der Waals surface area contributed by atoms with E-state index in [-0.39, 0.29) is 6.10 Å². The molecule has 1 atom stereocenters. The van der Waals surface area contributed by atoms with Gasteiger partial charge in [-0.2, -0.15) is 0 Å². The van der Waals surface area contributed by atoms with Crippen molar-refractivity contribution in [2.45, 2.75) is 19.6 Å². The Bertz CT molecular complexity index is 458. The van der Waals surface area contributed by atoms with Crippen LogP contribution in [0.3, 0.4) is 0 Å². The Morgan fingerprint density at radius 2 is 1.87 bits per heavy atom. The Labute approximate surface area is 140 Å². The van der Waals surface area contributed by atoms with E-state index in [1.165, 1.54) is 11.3 Å². The summed E-state index contributed by atoms with van der Waals surface area (Å²) in [4.78, 5) is 6.99. The second-order valence-corrected chi connectivity index (χ2v) is 6.60. The highest BCUT2D eigenvalue weighted by Crippen LogP contribution is 2.21. The molecule has 5 heteroatoms. The Hall–Kier alpha value is -1.14. The van der Waals surface area contributed by atoms with Gasteiger partial charge in [0.05, 0.1) is 6.10 Å². The second-order valence-electron chi connectivity index (χ2n) is 6.60. The summed E-state index contributed by atoms with van der Waals surface area (Å²) in [6.45, 7) is 9.94. The lowest BCUT2D eigenvalue weighted by Gasteiger charge is -2.36. The molecule has 23 heavy (non-hydrogen) atoms. The first-order valence-corrected chi connectivity index (χ1v) is 8.69. The molecular formula is C18H32N4O. The Balaban J connectivity index is 1.88. The smallest absolute Gasteiger partial charge is 0.0791 e. The largest absolute Gasteiger partial charge is 0.390 e. The van der Waals surface area contributed by atoms with Crippen molar-refractivity contribution in [3.05, 3.63) is 29.8 Å². The summed E-state index contributed by atoms with van der Waals surface area (Å²) in [6, 6.07) is 8.62. The molecule has 5 nitrogen and oxygen atoms in total. The van der Waals surface area contributed by atoms with Gasteiger partial charge in [0, 0.05) is 51.5 Å². The van der Waals surface area contributed by atoms with E-state index in [1.54, 1.807) is 0 Å². The minimum Gasteiger partial charge on any atom is -0.390 e. The van der Waals surface area contributed by atoms with Gasteiger partial charge in [-0.25, -0.2) is 0 Å². The molecule has 0 bridgehead atoms.